The van der Waals surface area contributed by atoms with E-state index >= 15 is 0 Å². The van der Waals surface area contributed by atoms with Crippen molar-refractivity contribution in [2.24, 2.45) is 0 Å². The summed E-state index contributed by atoms with van der Waals surface area (Å²) >= 11 is 5.86. The molecule has 0 fully saturated rings. The minimum absolute atomic E-state index is 0.272. The number of hydrogen-bond acceptors (Lipinski definition) is 1. The van der Waals surface area contributed by atoms with E-state index in [2.05, 4.69) is 6.07 Å². The predicted molar refractivity (Wildman–Crippen MR) is 64.2 cm³/mol. The molecule has 2 rings (SSSR count). The topological polar surface area (TPSA) is 20.2 Å². The van der Waals surface area contributed by atoms with Crippen LogP contribution in [0, 0.1) is 0 Å². The molecule has 0 aliphatic rings. The second kappa shape index (κ2) is 4.21. The molecule has 0 spiro atoms. The van der Waals surface area contributed by atoms with Gasteiger partial charge in [-0.2, -0.15) is 0 Å². The summed E-state index contributed by atoms with van der Waals surface area (Å²) in [6, 6.07) is 14.0. The lowest BCUT2D eigenvalue weighted by Gasteiger charge is -2.13. The lowest BCUT2D eigenvalue weighted by Crippen LogP contribution is -2.07. The number of fused-ring (bicyclic) bond motifs is 1. The molecular weight excluding hydrogens is 208 g/mol. The molecule has 2 aromatic carbocycles. The Morgan fingerprint density at radius 2 is 1.73 bits per heavy atom. The van der Waals surface area contributed by atoms with Crippen molar-refractivity contribution in [1.29, 1.82) is 0 Å². The van der Waals surface area contributed by atoms with Crippen LogP contribution in [0.5, 0.6) is 0 Å². The number of aliphatic hydroxyl groups is 1. The zero-order valence-corrected chi connectivity index (χ0v) is 9.28. The predicted octanol–water partition coefficient (Wildman–Crippen LogP) is 3.50. The number of benzene rings is 2. The number of halogens is 1. The summed E-state index contributed by atoms with van der Waals surface area (Å²) in [5.74, 6) is 0. The van der Waals surface area contributed by atoms with E-state index in [4.69, 9.17) is 11.6 Å². The van der Waals surface area contributed by atoms with E-state index in [-0.39, 0.29) is 5.38 Å². The highest BCUT2D eigenvalue weighted by Crippen LogP contribution is 2.24. The average molecular weight is 221 g/mol. The largest absolute Gasteiger partial charge is 0.387 e. The fourth-order valence-corrected chi connectivity index (χ4v) is 1.80. The van der Waals surface area contributed by atoms with Crippen LogP contribution in [-0.4, -0.2) is 10.5 Å². The first-order valence-corrected chi connectivity index (χ1v) is 5.43. The van der Waals surface area contributed by atoms with Crippen molar-refractivity contribution in [1.82, 2.24) is 0 Å². The van der Waals surface area contributed by atoms with E-state index in [9.17, 15) is 5.11 Å². The lowest BCUT2D eigenvalue weighted by atomic mass is 10.0. The van der Waals surface area contributed by atoms with Crippen LogP contribution < -0.4 is 0 Å². The highest BCUT2D eigenvalue weighted by Gasteiger charge is 2.13. The summed E-state index contributed by atoms with van der Waals surface area (Å²) in [6.07, 6.45) is -0.601. The van der Waals surface area contributed by atoms with Crippen LogP contribution in [0.2, 0.25) is 0 Å². The molecule has 0 amide bonds. The van der Waals surface area contributed by atoms with Gasteiger partial charge < -0.3 is 5.11 Å². The van der Waals surface area contributed by atoms with Crippen molar-refractivity contribution in [2.75, 3.05) is 0 Å². The zero-order valence-electron chi connectivity index (χ0n) is 8.52. The summed E-state index contributed by atoms with van der Waals surface area (Å²) in [4.78, 5) is 0. The van der Waals surface area contributed by atoms with Gasteiger partial charge in [0.05, 0.1) is 11.5 Å². The first-order chi connectivity index (χ1) is 7.18. The van der Waals surface area contributed by atoms with Gasteiger partial charge in [0, 0.05) is 0 Å². The lowest BCUT2D eigenvalue weighted by molar-refractivity contribution is 0.177. The number of hydrogen-bond donors (Lipinski definition) is 1. The summed E-state index contributed by atoms with van der Waals surface area (Å²) in [7, 11) is 0. The Balaban J connectivity index is 2.47. The number of alkyl halides is 1. The Morgan fingerprint density at radius 1 is 1.07 bits per heavy atom. The summed E-state index contributed by atoms with van der Waals surface area (Å²) < 4.78 is 0. The van der Waals surface area contributed by atoms with Gasteiger partial charge in [-0.3, -0.25) is 0 Å². The van der Waals surface area contributed by atoms with Crippen LogP contribution in [0.15, 0.2) is 42.5 Å². The molecule has 2 unspecified atom stereocenters. The van der Waals surface area contributed by atoms with Gasteiger partial charge in [0.25, 0.3) is 0 Å². The molecule has 0 saturated carbocycles. The molecule has 0 radical (unpaired) electrons. The highest BCUT2D eigenvalue weighted by molar-refractivity contribution is 6.20. The second-order valence-electron chi connectivity index (χ2n) is 3.73. The normalized spacial score (nSPS) is 15.1. The first kappa shape index (κ1) is 10.5. The van der Waals surface area contributed by atoms with E-state index < -0.39 is 6.10 Å². The van der Waals surface area contributed by atoms with Crippen LogP contribution in [0.3, 0.4) is 0 Å². The third kappa shape index (κ3) is 2.14. The molecule has 0 heterocycles. The third-order valence-corrected chi connectivity index (χ3v) is 2.79. The Hall–Kier alpha value is -1.05. The Kier molecular flexibility index (Phi) is 2.94. The van der Waals surface area contributed by atoms with Crippen LogP contribution >= 0.6 is 11.6 Å². The van der Waals surface area contributed by atoms with E-state index in [1.165, 1.54) is 5.39 Å². The Bertz CT molecular complexity index is 465. The first-order valence-electron chi connectivity index (χ1n) is 4.99. The summed E-state index contributed by atoms with van der Waals surface area (Å²) in [5, 5.41) is 11.9. The fourth-order valence-electron chi connectivity index (χ4n) is 1.66. The monoisotopic (exact) mass is 220 g/mol. The van der Waals surface area contributed by atoms with E-state index in [0.29, 0.717) is 0 Å². The van der Waals surface area contributed by atoms with Gasteiger partial charge in [-0.15, -0.1) is 11.6 Å². The molecule has 0 aliphatic heterocycles. The molecule has 78 valence electrons. The minimum atomic E-state index is -0.601. The highest BCUT2D eigenvalue weighted by atomic mass is 35.5. The maximum absolute atomic E-state index is 9.83. The van der Waals surface area contributed by atoms with Crippen molar-refractivity contribution in [3.63, 3.8) is 0 Å². The van der Waals surface area contributed by atoms with Crippen molar-refractivity contribution in [3.05, 3.63) is 48.0 Å². The SMILES string of the molecule is CC(Cl)C(O)c1ccc2ccccc2c1. The maximum atomic E-state index is 9.83. The molecule has 2 heteroatoms. The van der Waals surface area contributed by atoms with Crippen LogP contribution in [0.25, 0.3) is 10.8 Å². The van der Waals surface area contributed by atoms with Crippen molar-refractivity contribution in [3.8, 4) is 0 Å². The second-order valence-corrected chi connectivity index (χ2v) is 4.42. The van der Waals surface area contributed by atoms with Crippen molar-refractivity contribution in [2.45, 2.75) is 18.4 Å². The molecule has 15 heavy (non-hydrogen) atoms. The fraction of sp³-hybridized carbons (Fsp3) is 0.231. The Labute approximate surface area is 94.3 Å². The standard InChI is InChI=1S/C13H13ClO/c1-9(14)13(15)12-7-6-10-4-2-3-5-11(10)8-12/h2-9,13,15H,1H3. The number of rotatable bonds is 2. The third-order valence-electron chi connectivity index (χ3n) is 2.55. The zero-order chi connectivity index (χ0) is 10.8. The molecule has 2 aromatic rings. The molecule has 1 nitrogen and oxygen atoms in total. The molecule has 2 atom stereocenters. The van der Waals surface area contributed by atoms with Crippen LogP contribution in [-0.2, 0) is 0 Å². The van der Waals surface area contributed by atoms with E-state index in [1.807, 2.05) is 36.4 Å². The molecule has 0 aromatic heterocycles. The van der Waals surface area contributed by atoms with Crippen molar-refractivity contribution >= 4 is 22.4 Å². The summed E-state index contributed by atoms with van der Waals surface area (Å²) in [6.45, 7) is 1.79. The summed E-state index contributed by atoms with van der Waals surface area (Å²) in [5.41, 5.74) is 0.871. The Morgan fingerprint density at radius 3 is 2.40 bits per heavy atom. The van der Waals surface area contributed by atoms with Gasteiger partial charge in [-0.05, 0) is 29.3 Å². The van der Waals surface area contributed by atoms with Crippen molar-refractivity contribution < 1.29 is 5.11 Å². The van der Waals surface area contributed by atoms with Gasteiger partial charge in [0.1, 0.15) is 0 Å². The molecule has 1 N–H and O–H groups in total. The smallest absolute Gasteiger partial charge is 0.0951 e. The van der Waals surface area contributed by atoms with Gasteiger partial charge >= 0.3 is 0 Å². The average Bonchev–Trinajstić information content (AvgIpc) is 2.27. The quantitative estimate of drug-likeness (QED) is 0.769. The van der Waals surface area contributed by atoms with Crippen LogP contribution in [0.1, 0.15) is 18.6 Å². The minimum Gasteiger partial charge on any atom is -0.387 e. The van der Waals surface area contributed by atoms with Gasteiger partial charge in [0.15, 0.2) is 0 Å². The molecule has 0 saturated heterocycles. The van der Waals surface area contributed by atoms with Gasteiger partial charge in [0.2, 0.25) is 0 Å². The molecule has 0 bridgehead atoms. The molecular formula is C13H13ClO. The maximum Gasteiger partial charge on any atom is 0.0951 e. The molecule has 0 aliphatic carbocycles. The number of aliphatic hydroxyl groups excluding tert-OH is 1. The van der Waals surface area contributed by atoms with E-state index in [0.717, 1.165) is 10.9 Å². The van der Waals surface area contributed by atoms with Gasteiger partial charge in [-0.1, -0.05) is 36.4 Å². The van der Waals surface area contributed by atoms with Gasteiger partial charge in [-0.25, -0.2) is 0 Å². The van der Waals surface area contributed by atoms with Crippen LogP contribution in [0.4, 0.5) is 0 Å². The van der Waals surface area contributed by atoms with E-state index in [1.54, 1.807) is 6.92 Å².